The van der Waals surface area contributed by atoms with Crippen molar-refractivity contribution in [1.82, 2.24) is 5.32 Å². The van der Waals surface area contributed by atoms with Crippen LogP contribution in [-0.2, 0) is 0 Å². The smallest absolute Gasteiger partial charge is 0.123 e. The fourth-order valence-corrected chi connectivity index (χ4v) is 1.87. The third-order valence-electron chi connectivity index (χ3n) is 2.79. The van der Waals surface area contributed by atoms with Gasteiger partial charge < -0.3 is 15.5 Å². The Balaban J connectivity index is 2.62. The van der Waals surface area contributed by atoms with Gasteiger partial charge in [0.2, 0.25) is 0 Å². The Morgan fingerprint density at radius 2 is 2.06 bits per heavy atom. The maximum Gasteiger partial charge on any atom is 0.123 e. The van der Waals surface area contributed by atoms with E-state index in [2.05, 4.69) is 5.32 Å². The Kier molecular flexibility index (Phi) is 5.38. The van der Waals surface area contributed by atoms with Crippen LogP contribution in [0.3, 0.4) is 0 Å². The van der Waals surface area contributed by atoms with E-state index in [1.807, 2.05) is 13.8 Å². The molecule has 0 heterocycles. The summed E-state index contributed by atoms with van der Waals surface area (Å²) >= 11 is 0. The molecule has 0 aromatic heterocycles. The van der Waals surface area contributed by atoms with Crippen LogP contribution in [0, 0.1) is 5.82 Å². The van der Waals surface area contributed by atoms with Crippen molar-refractivity contribution in [2.45, 2.75) is 38.8 Å². The summed E-state index contributed by atoms with van der Waals surface area (Å²) in [6.45, 7) is 4.05. The molecule has 1 aromatic carbocycles. The first-order valence-corrected chi connectivity index (χ1v) is 5.90. The molecule has 0 aliphatic rings. The van der Waals surface area contributed by atoms with E-state index in [1.54, 1.807) is 0 Å². The largest absolute Gasteiger partial charge is 0.508 e. The van der Waals surface area contributed by atoms with Gasteiger partial charge in [-0.25, -0.2) is 4.39 Å². The third kappa shape index (κ3) is 4.32. The molecule has 4 heteroatoms. The number of nitrogens with one attached hydrogen (secondary N) is 1. The number of rotatable bonds is 6. The van der Waals surface area contributed by atoms with Gasteiger partial charge in [0.05, 0.1) is 0 Å². The number of halogens is 1. The molecule has 1 rings (SSSR count). The number of benzene rings is 1. The monoisotopic (exact) mass is 241 g/mol. The number of hydrogen-bond donors (Lipinski definition) is 3. The van der Waals surface area contributed by atoms with Crippen molar-refractivity contribution in [3.8, 4) is 5.75 Å². The van der Waals surface area contributed by atoms with Gasteiger partial charge in [0.1, 0.15) is 11.6 Å². The summed E-state index contributed by atoms with van der Waals surface area (Å²) in [5.41, 5.74) is 0.556. The molecular weight excluding hydrogens is 221 g/mol. The van der Waals surface area contributed by atoms with E-state index in [1.165, 1.54) is 18.2 Å². The van der Waals surface area contributed by atoms with E-state index in [0.29, 0.717) is 5.56 Å². The number of hydrogen-bond acceptors (Lipinski definition) is 3. The Labute approximate surface area is 101 Å². The van der Waals surface area contributed by atoms with Crippen LogP contribution in [-0.4, -0.2) is 22.9 Å². The molecule has 0 bridgehead atoms. The standard InChI is InChI=1S/C13H20FNO2/c1-9(4-3-7-16)15-10(2)12-8-11(14)5-6-13(12)17/h5-6,8-10,15-17H,3-4,7H2,1-2H3. The first-order chi connectivity index (χ1) is 8.04. The molecule has 0 fully saturated rings. The number of aliphatic hydroxyl groups is 1. The van der Waals surface area contributed by atoms with Crippen LogP contribution in [0.25, 0.3) is 0 Å². The van der Waals surface area contributed by atoms with Gasteiger partial charge in [-0.3, -0.25) is 0 Å². The van der Waals surface area contributed by atoms with Crippen LogP contribution in [0.4, 0.5) is 4.39 Å². The SMILES string of the molecule is CC(CCCO)NC(C)c1cc(F)ccc1O. The van der Waals surface area contributed by atoms with E-state index in [4.69, 9.17) is 5.11 Å². The lowest BCUT2D eigenvalue weighted by Crippen LogP contribution is -2.29. The molecule has 0 aliphatic heterocycles. The second-order valence-corrected chi connectivity index (χ2v) is 4.36. The number of aromatic hydroxyl groups is 1. The van der Waals surface area contributed by atoms with Gasteiger partial charge in [0.25, 0.3) is 0 Å². The minimum absolute atomic E-state index is 0.0979. The summed E-state index contributed by atoms with van der Waals surface area (Å²) in [6, 6.07) is 4.02. The maximum atomic E-state index is 13.1. The molecule has 0 aliphatic carbocycles. The highest BCUT2D eigenvalue weighted by Gasteiger charge is 2.13. The third-order valence-corrected chi connectivity index (χ3v) is 2.79. The molecule has 0 saturated carbocycles. The molecule has 0 amide bonds. The summed E-state index contributed by atoms with van der Waals surface area (Å²) in [7, 11) is 0. The summed E-state index contributed by atoms with van der Waals surface area (Å²) in [5, 5.41) is 21.6. The van der Waals surface area contributed by atoms with Gasteiger partial charge in [-0.15, -0.1) is 0 Å². The lowest BCUT2D eigenvalue weighted by atomic mass is 10.0. The first-order valence-electron chi connectivity index (χ1n) is 5.90. The highest BCUT2D eigenvalue weighted by Crippen LogP contribution is 2.25. The first kappa shape index (κ1) is 13.9. The zero-order chi connectivity index (χ0) is 12.8. The normalized spacial score (nSPS) is 14.6. The summed E-state index contributed by atoms with van der Waals surface area (Å²) in [5.74, 6) is -0.254. The molecule has 96 valence electrons. The second-order valence-electron chi connectivity index (χ2n) is 4.36. The summed E-state index contributed by atoms with van der Waals surface area (Å²) in [6.07, 6.45) is 1.58. The second kappa shape index (κ2) is 6.57. The van der Waals surface area contributed by atoms with Gasteiger partial charge in [-0.2, -0.15) is 0 Å². The van der Waals surface area contributed by atoms with Crippen molar-refractivity contribution in [2.75, 3.05) is 6.61 Å². The van der Waals surface area contributed by atoms with Gasteiger partial charge in [0.15, 0.2) is 0 Å². The minimum atomic E-state index is -0.352. The molecule has 3 N–H and O–H groups in total. The Morgan fingerprint density at radius 1 is 1.35 bits per heavy atom. The van der Waals surface area contributed by atoms with Crippen molar-refractivity contribution in [1.29, 1.82) is 0 Å². The van der Waals surface area contributed by atoms with E-state index in [0.717, 1.165) is 12.8 Å². The fourth-order valence-electron chi connectivity index (χ4n) is 1.87. The lowest BCUT2D eigenvalue weighted by molar-refractivity contribution is 0.274. The van der Waals surface area contributed by atoms with E-state index in [9.17, 15) is 9.50 Å². The van der Waals surface area contributed by atoms with Crippen molar-refractivity contribution >= 4 is 0 Å². The summed E-state index contributed by atoms with van der Waals surface area (Å²) < 4.78 is 13.1. The highest BCUT2D eigenvalue weighted by atomic mass is 19.1. The average Bonchev–Trinajstić information content (AvgIpc) is 2.29. The van der Waals surface area contributed by atoms with Crippen molar-refractivity contribution in [2.24, 2.45) is 0 Å². The molecule has 17 heavy (non-hydrogen) atoms. The van der Waals surface area contributed by atoms with Gasteiger partial charge in [-0.1, -0.05) is 0 Å². The quantitative estimate of drug-likeness (QED) is 0.716. The van der Waals surface area contributed by atoms with Crippen LogP contribution in [0.2, 0.25) is 0 Å². The fraction of sp³-hybridized carbons (Fsp3) is 0.538. The number of phenolic OH excluding ortho intramolecular Hbond substituents is 1. The molecule has 0 spiro atoms. The maximum absolute atomic E-state index is 13.1. The van der Waals surface area contributed by atoms with Crippen LogP contribution in [0.1, 0.15) is 38.3 Å². The zero-order valence-corrected chi connectivity index (χ0v) is 10.3. The predicted molar refractivity (Wildman–Crippen MR) is 65.4 cm³/mol. The van der Waals surface area contributed by atoms with Gasteiger partial charge in [0, 0.05) is 24.3 Å². The van der Waals surface area contributed by atoms with E-state index >= 15 is 0 Å². The van der Waals surface area contributed by atoms with Crippen LogP contribution >= 0.6 is 0 Å². The molecule has 3 nitrogen and oxygen atoms in total. The van der Waals surface area contributed by atoms with E-state index in [-0.39, 0.29) is 30.3 Å². The Hall–Kier alpha value is -1.13. The average molecular weight is 241 g/mol. The minimum Gasteiger partial charge on any atom is -0.508 e. The number of phenols is 1. The molecule has 0 radical (unpaired) electrons. The Bertz CT molecular complexity index is 357. The van der Waals surface area contributed by atoms with Crippen LogP contribution < -0.4 is 5.32 Å². The van der Waals surface area contributed by atoms with Gasteiger partial charge >= 0.3 is 0 Å². The zero-order valence-electron chi connectivity index (χ0n) is 10.3. The van der Waals surface area contributed by atoms with E-state index < -0.39 is 0 Å². The van der Waals surface area contributed by atoms with Crippen molar-refractivity contribution in [3.05, 3.63) is 29.6 Å². The lowest BCUT2D eigenvalue weighted by Gasteiger charge is -2.21. The molecular formula is C13H20FNO2. The summed E-state index contributed by atoms with van der Waals surface area (Å²) in [4.78, 5) is 0. The molecule has 2 unspecified atom stereocenters. The molecule has 2 atom stereocenters. The topological polar surface area (TPSA) is 52.5 Å². The molecule has 0 saturated heterocycles. The molecule has 1 aromatic rings. The predicted octanol–water partition coefficient (Wildman–Crippen LogP) is 2.34. The van der Waals surface area contributed by atoms with Crippen LogP contribution in [0.15, 0.2) is 18.2 Å². The van der Waals surface area contributed by atoms with Crippen molar-refractivity contribution in [3.63, 3.8) is 0 Å². The van der Waals surface area contributed by atoms with Crippen LogP contribution in [0.5, 0.6) is 5.75 Å². The van der Waals surface area contributed by atoms with Gasteiger partial charge in [-0.05, 0) is 44.9 Å². The van der Waals surface area contributed by atoms with Crippen molar-refractivity contribution < 1.29 is 14.6 Å². The highest BCUT2D eigenvalue weighted by molar-refractivity contribution is 5.34. The Morgan fingerprint density at radius 3 is 2.71 bits per heavy atom. The number of aliphatic hydroxyl groups excluding tert-OH is 1.